The van der Waals surface area contributed by atoms with E-state index in [4.69, 9.17) is 44.9 Å². The fourth-order valence-electron chi connectivity index (χ4n) is 3.45. The highest BCUT2D eigenvalue weighted by molar-refractivity contribution is 7.20. The maximum absolute atomic E-state index is 13.5. The molecule has 0 N–H and O–H groups in total. The van der Waals surface area contributed by atoms with Crippen LogP contribution in [0.2, 0.25) is 13.7 Å². The molecule has 156 valence electrons. The number of aromatic nitrogens is 1. The number of halogens is 4. The molecule has 4 aromatic rings. The molecule has 0 spiro atoms. The molecule has 3 nitrogen and oxygen atoms in total. The zero-order valence-electron chi connectivity index (χ0n) is 15.7. The minimum Gasteiger partial charge on any atom is -0.231 e. The van der Waals surface area contributed by atoms with Crippen molar-refractivity contribution in [1.29, 1.82) is 0 Å². The van der Waals surface area contributed by atoms with Gasteiger partial charge in [0.25, 0.3) is 0 Å². The summed E-state index contributed by atoms with van der Waals surface area (Å²) in [6.45, 7) is 0. The molecule has 1 unspecified atom stereocenters. The van der Waals surface area contributed by atoms with Crippen molar-refractivity contribution in [3.63, 3.8) is 0 Å². The topological polar surface area (TPSA) is 28.5 Å². The number of benzene rings is 2. The average molecular weight is 509 g/mol. The Balaban J connectivity index is 1.54. The number of hydrazone groups is 1. The quantitative estimate of drug-likeness (QED) is 0.277. The van der Waals surface area contributed by atoms with Crippen LogP contribution in [0.4, 0.5) is 9.52 Å². The van der Waals surface area contributed by atoms with Gasteiger partial charge in [0.05, 0.1) is 21.8 Å². The molecule has 0 bridgehead atoms. The molecule has 3 heterocycles. The number of rotatable bonds is 4. The van der Waals surface area contributed by atoms with Gasteiger partial charge in [-0.2, -0.15) is 5.10 Å². The largest absolute Gasteiger partial charge is 0.231 e. The Morgan fingerprint density at radius 1 is 1.00 bits per heavy atom. The summed E-state index contributed by atoms with van der Waals surface area (Å²) in [6, 6.07) is 15.7. The standard InChI is InChI=1S/C22H13Cl3FN3S2/c23-14-5-1-12(2-6-14)18-11-30-22(27-18)29-19(13-3-7-15(26)8-4-13)10-17(28-29)16-9-20(24)31-21(16)25/h1-9,11,19H,10H2. The van der Waals surface area contributed by atoms with E-state index in [1.807, 2.05) is 40.7 Å². The lowest BCUT2D eigenvalue weighted by atomic mass is 10.00. The van der Waals surface area contributed by atoms with E-state index in [9.17, 15) is 4.39 Å². The summed E-state index contributed by atoms with van der Waals surface area (Å²) in [7, 11) is 0. The Hall–Kier alpha value is -1.96. The monoisotopic (exact) mass is 507 g/mol. The van der Waals surface area contributed by atoms with Crippen LogP contribution >= 0.6 is 57.5 Å². The SMILES string of the molecule is Fc1ccc(C2CC(c3cc(Cl)sc3Cl)=NN2c2nc(-c3ccc(Cl)cc3)cs2)cc1. The molecule has 0 aliphatic carbocycles. The molecule has 1 atom stereocenters. The molecule has 2 aromatic heterocycles. The van der Waals surface area contributed by atoms with E-state index in [-0.39, 0.29) is 11.9 Å². The fourth-order valence-corrected chi connectivity index (χ4v) is 5.92. The van der Waals surface area contributed by atoms with Gasteiger partial charge < -0.3 is 0 Å². The van der Waals surface area contributed by atoms with Crippen molar-refractivity contribution >= 4 is 68.3 Å². The third-order valence-corrected chi connectivity index (χ3v) is 7.53. The summed E-state index contributed by atoms with van der Waals surface area (Å²) in [4.78, 5) is 4.80. The van der Waals surface area contributed by atoms with Crippen LogP contribution in [0.5, 0.6) is 0 Å². The van der Waals surface area contributed by atoms with Crippen LogP contribution in [0.15, 0.2) is 65.1 Å². The van der Waals surface area contributed by atoms with Gasteiger partial charge in [0.2, 0.25) is 5.13 Å². The number of hydrogen-bond donors (Lipinski definition) is 0. The van der Waals surface area contributed by atoms with E-state index in [1.54, 1.807) is 12.1 Å². The second-order valence-corrected chi connectivity index (χ2v) is 10.5. The molecule has 1 aliphatic heterocycles. The molecule has 0 saturated heterocycles. The molecule has 0 amide bonds. The van der Waals surface area contributed by atoms with Gasteiger partial charge in [0, 0.05) is 28.0 Å². The molecular weight excluding hydrogens is 496 g/mol. The van der Waals surface area contributed by atoms with E-state index in [1.165, 1.54) is 34.8 Å². The lowest BCUT2D eigenvalue weighted by Gasteiger charge is -2.21. The second-order valence-electron chi connectivity index (χ2n) is 6.92. The van der Waals surface area contributed by atoms with Crippen molar-refractivity contribution in [3.8, 4) is 11.3 Å². The third kappa shape index (κ3) is 4.23. The smallest absolute Gasteiger partial charge is 0.207 e. The zero-order valence-corrected chi connectivity index (χ0v) is 19.6. The number of anilines is 1. The Morgan fingerprint density at radius 2 is 1.74 bits per heavy atom. The van der Waals surface area contributed by atoms with E-state index in [2.05, 4.69) is 0 Å². The van der Waals surface area contributed by atoms with Crippen LogP contribution in [-0.2, 0) is 0 Å². The first-order valence-corrected chi connectivity index (χ1v) is 12.1. The molecule has 9 heteroatoms. The Kier molecular flexibility index (Phi) is 5.75. The normalized spacial score (nSPS) is 16.1. The van der Waals surface area contributed by atoms with Gasteiger partial charge in [0.1, 0.15) is 10.2 Å². The summed E-state index contributed by atoms with van der Waals surface area (Å²) in [5.41, 5.74) is 4.41. The van der Waals surface area contributed by atoms with Gasteiger partial charge in [-0.25, -0.2) is 14.4 Å². The summed E-state index contributed by atoms with van der Waals surface area (Å²) < 4.78 is 14.7. The molecule has 2 aromatic carbocycles. The van der Waals surface area contributed by atoms with E-state index in [0.29, 0.717) is 20.1 Å². The lowest BCUT2D eigenvalue weighted by molar-refractivity contribution is 0.624. The first-order chi connectivity index (χ1) is 15.0. The molecule has 1 aliphatic rings. The Labute approximate surface area is 201 Å². The lowest BCUT2D eigenvalue weighted by Crippen LogP contribution is -2.18. The minimum atomic E-state index is -0.277. The summed E-state index contributed by atoms with van der Waals surface area (Å²) in [5, 5.41) is 10.1. The summed E-state index contributed by atoms with van der Waals surface area (Å²) in [5.74, 6) is -0.277. The van der Waals surface area contributed by atoms with Crippen molar-refractivity contribution in [3.05, 3.63) is 90.6 Å². The number of hydrogen-bond acceptors (Lipinski definition) is 5. The Morgan fingerprint density at radius 3 is 2.42 bits per heavy atom. The highest BCUT2D eigenvalue weighted by Gasteiger charge is 2.33. The number of thiazole rings is 1. The van der Waals surface area contributed by atoms with Gasteiger partial charge in [-0.3, -0.25) is 0 Å². The first-order valence-electron chi connectivity index (χ1n) is 9.27. The molecular formula is C22H13Cl3FN3S2. The summed E-state index contributed by atoms with van der Waals surface area (Å²) in [6.07, 6.45) is 0.605. The first kappa shape index (κ1) is 20.9. The van der Waals surface area contributed by atoms with Crippen LogP contribution in [0.25, 0.3) is 11.3 Å². The van der Waals surface area contributed by atoms with Gasteiger partial charge in [-0.05, 0) is 35.9 Å². The minimum absolute atomic E-state index is 0.130. The van der Waals surface area contributed by atoms with Crippen LogP contribution in [0.3, 0.4) is 0 Å². The predicted molar refractivity (Wildman–Crippen MR) is 130 cm³/mol. The van der Waals surface area contributed by atoms with E-state index >= 15 is 0 Å². The van der Waals surface area contributed by atoms with Gasteiger partial charge >= 0.3 is 0 Å². The highest BCUT2D eigenvalue weighted by atomic mass is 35.5. The molecule has 0 fully saturated rings. The van der Waals surface area contributed by atoms with E-state index in [0.717, 1.165) is 33.2 Å². The van der Waals surface area contributed by atoms with Gasteiger partial charge in [0.15, 0.2) is 0 Å². The predicted octanol–water partition coefficient (Wildman–Crippen LogP) is 8.33. The average Bonchev–Trinajstić information content (AvgIpc) is 3.47. The zero-order chi connectivity index (χ0) is 21.5. The van der Waals surface area contributed by atoms with Crippen molar-refractivity contribution < 1.29 is 4.39 Å². The summed E-state index contributed by atoms with van der Waals surface area (Å²) >= 11 is 21.4. The fraction of sp³-hybridized carbons (Fsp3) is 0.0909. The van der Waals surface area contributed by atoms with Gasteiger partial charge in [-0.1, -0.05) is 59.1 Å². The maximum atomic E-state index is 13.5. The number of thiophene rings is 1. The maximum Gasteiger partial charge on any atom is 0.207 e. The van der Waals surface area contributed by atoms with Crippen molar-refractivity contribution in [2.75, 3.05) is 5.01 Å². The van der Waals surface area contributed by atoms with Crippen LogP contribution < -0.4 is 5.01 Å². The van der Waals surface area contributed by atoms with Crippen LogP contribution in [0.1, 0.15) is 23.6 Å². The molecule has 5 rings (SSSR count). The van der Waals surface area contributed by atoms with Crippen LogP contribution in [-0.4, -0.2) is 10.7 Å². The Bertz CT molecular complexity index is 1270. The van der Waals surface area contributed by atoms with Crippen LogP contribution in [0, 0.1) is 5.82 Å². The highest BCUT2D eigenvalue weighted by Crippen LogP contribution is 2.42. The third-order valence-electron chi connectivity index (χ3n) is 4.96. The molecule has 0 saturated carbocycles. The second kappa shape index (κ2) is 8.52. The number of nitrogens with zero attached hydrogens (tertiary/aromatic N) is 3. The van der Waals surface area contributed by atoms with Crippen molar-refractivity contribution in [2.45, 2.75) is 12.5 Å². The van der Waals surface area contributed by atoms with Crippen molar-refractivity contribution in [2.24, 2.45) is 5.10 Å². The van der Waals surface area contributed by atoms with Crippen molar-refractivity contribution in [1.82, 2.24) is 4.98 Å². The van der Waals surface area contributed by atoms with Gasteiger partial charge in [-0.15, -0.1) is 22.7 Å². The molecule has 31 heavy (non-hydrogen) atoms. The van der Waals surface area contributed by atoms with E-state index < -0.39 is 0 Å². The molecule has 0 radical (unpaired) electrons.